The number of carbonyl (C=O) groups is 1. The van der Waals surface area contributed by atoms with Crippen molar-refractivity contribution in [1.82, 2.24) is 14.9 Å². The molecule has 27 heavy (non-hydrogen) atoms. The number of nitriles is 1. The largest absolute Gasteiger partial charge is 0.340 e. The molecular formula is C21H19N5O. The van der Waals surface area contributed by atoms with E-state index in [-0.39, 0.29) is 5.91 Å². The molecule has 0 saturated heterocycles. The molecule has 1 heterocycles. The predicted molar refractivity (Wildman–Crippen MR) is 103 cm³/mol. The van der Waals surface area contributed by atoms with E-state index in [0.717, 1.165) is 11.3 Å². The summed E-state index contributed by atoms with van der Waals surface area (Å²) >= 11 is 0. The molecule has 0 unspecified atom stereocenters. The lowest BCUT2D eigenvalue weighted by molar-refractivity contribution is 0.0779. The van der Waals surface area contributed by atoms with Gasteiger partial charge in [-0.15, -0.1) is 0 Å². The molecule has 1 N–H and O–H groups in total. The molecule has 0 aliphatic heterocycles. The Balaban J connectivity index is 1.80. The normalized spacial score (nSPS) is 10.1. The van der Waals surface area contributed by atoms with Crippen molar-refractivity contribution in [3.8, 4) is 6.07 Å². The van der Waals surface area contributed by atoms with Crippen molar-refractivity contribution in [1.29, 1.82) is 5.26 Å². The van der Waals surface area contributed by atoms with E-state index in [9.17, 15) is 4.79 Å². The predicted octanol–water partition coefficient (Wildman–Crippen LogP) is 3.67. The third-order valence-electron chi connectivity index (χ3n) is 3.93. The quantitative estimate of drug-likeness (QED) is 0.753. The number of amides is 1. The van der Waals surface area contributed by atoms with E-state index in [1.165, 1.54) is 0 Å². The maximum absolute atomic E-state index is 12.8. The molecule has 0 aliphatic rings. The second-order valence-corrected chi connectivity index (χ2v) is 6.15. The molecule has 6 heteroatoms. The van der Waals surface area contributed by atoms with Crippen molar-refractivity contribution < 1.29 is 4.79 Å². The summed E-state index contributed by atoms with van der Waals surface area (Å²) in [6, 6.07) is 20.6. The van der Waals surface area contributed by atoms with Crippen LogP contribution in [0.15, 0.2) is 60.7 Å². The van der Waals surface area contributed by atoms with Gasteiger partial charge in [0.2, 0.25) is 0 Å². The van der Waals surface area contributed by atoms with Crippen LogP contribution >= 0.6 is 0 Å². The summed E-state index contributed by atoms with van der Waals surface area (Å²) in [5.74, 6) is 0.820. The number of benzene rings is 2. The van der Waals surface area contributed by atoms with Crippen molar-refractivity contribution in [3.05, 3.63) is 83.3 Å². The number of carbonyl (C=O) groups excluding carboxylic acids is 1. The van der Waals surface area contributed by atoms with Crippen LogP contribution in [0.3, 0.4) is 0 Å². The van der Waals surface area contributed by atoms with Gasteiger partial charge >= 0.3 is 0 Å². The SMILES string of the molecule is Cc1nc(Nc2cccc(C#N)c2)cc(C(=O)N(C)Cc2ccccc2)n1. The van der Waals surface area contributed by atoms with Crippen LogP contribution in [0, 0.1) is 18.3 Å². The lowest BCUT2D eigenvalue weighted by Crippen LogP contribution is -2.27. The minimum atomic E-state index is -0.182. The minimum absolute atomic E-state index is 0.182. The van der Waals surface area contributed by atoms with Gasteiger partial charge in [0.25, 0.3) is 5.91 Å². The van der Waals surface area contributed by atoms with Crippen molar-refractivity contribution in [2.45, 2.75) is 13.5 Å². The summed E-state index contributed by atoms with van der Waals surface area (Å²) in [4.78, 5) is 23.0. The third-order valence-corrected chi connectivity index (χ3v) is 3.93. The van der Waals surface area contributed by atoms with E-state index < -0.39 is 0 Å². The lowest BCUT2D eigenvalue weighted by Gasteiger charge is -2.17. The standard InChI is InChI=1S/C21H19N5O/c1-15-23-19(21(27)26(2)14-16-7-4-3-5-8-16)12-20(24-15)25-18-10-6-9-17(11-18)13-22/h3-12H,14H2,1-2H3,(H,23,24,25). The van der Waals surface area contributed by atoms with Crippen LogP contribution in [0.2, 0.25) is 0 Å². The lowest BCUT2D eigenvalue weighted by atomic mass is 10.2. The zero-order valence-corrected chi connectivity index (χ0v) is 15.2. The first-order valence-electron chi connectivity index (χ1n) is 8.47. The van der Waals surface area contributed by atoms with E-state index in [2.05, 4.69) is 21.4 Å². The van der Waals surface area contributed by atoms with Gasteiger partial charge in [0.1, 0.15) is 17.3 Å². The molecule has 1 amide bonds. The summed E-state index contributed by atoms with van der Waals surface area (Å²) in [6.07, 6.45) is 0. The Hall–Kier alpha value is -3.72. The zero-order chi connectivity index (χ0) is 19.2. The first-order valence-corrected chi connectivity index (χ1v) is 8.47. The maximum Gasteiger partial charge on any atom is 0.272 e. The van der Waals surface area contributed by atoms with Crippen LogP contribution < -0.4 is 5.32 Å². The second-order valence-electron chi connectivity index (χ2n) is 6.15. The molecule has 2 aromatic carbocycles. The second kappa shape index (κ2) is 8.11. The van der Waals surface area contributed by atoms with Crippen LogP contribution in [-0.4, -0.2) is 27.8 Å². The Morgan fingerprint density at radius 1 is 1.11 bits per heavy atom. The third kappa shape index (κ3) is 4.67. The number of aryl methyl sites for hydroxylation is 1. The van der Waals surface area contributed by atoms with Crippen LogP contribution in [0.4, 0.5) is 11.5 Å². The van der Waals surface area contributed by atoms with Crippen molar-refractivity contribution in [2.75, 3.05) is 12.4 Å². The highest BCUT2D eigenvalue weighted by atomic mass is 16.2. The highest BCUT2D eigenvalue weighted by molar-refractivity contribution is 5.93. The summed E-state index contributed by atoms with van der Waals surface area (Å²) in [5, 5.41) is 12.1. The Morgan fingerprint density at radius 3 is 2.63 bits per heavy atom. The van der Waals surface area contributed by atoms with E-state index in [1.54, 1.807) is 43.1 Å². The smallest absolute Gasteiger partial charge is 0.272 e. The Morgan fingerprint density at radius 2 is 1.89 bits per heavy atom. The van der Waals surface area contributed by atoms with Gasteiger partial charge in [0.05, 0.1) is 11.6 Å². The molecule has 3 aromatic rings. The molecule has 134 valence electrons. The van der Waals surface area contributed by atoms with Gasteiger partial charge in [0.15, 0.2) is 0 Å². The van der Waals surface area contributed by atoms with Crippen molar-refractivity contribution in [3.63, 3.8) is 0 Å². The van der Waals surface area contributed by atoms with E-state index >= 15 is 0 Å². The van der Waals surface area contributed by atoms with Gasteiger partial charge in [0, 0.05) is 25.3 Å². The van der Waals surface area contributed by atoms with Gasteiger partial charge in [-0.05, 0) is 30.7 Å². The fourth-order valence-electron chi connectivity index (χ4n) is 2.68. The number of nitrogens with zero attached hydrogens (tertiary/aromatic N) is 4. The van der Waals surface area contributed by atoms with Crippen LogP contribution in [-0.2, 0) is 6.54 Å². The molecule has 0 aliphatic carbocycles. The van der Waals surface area contributed by atoms with E-state index in [0.29, 0.717) is 29.4 Å². The van der Waals surface area contributed by atoms with Gasteiger partial charge in [-0.3, -0.25) is 4.79 Å². The van der Waals surface area contributed by atoms with Gasteiger partial charge in [-0.2, -0.15) is 5.26 Å². The molecule has 6 nitrogen and oxygen atoms in total. The summed E-state index contributed by atoms with van der Waals surface area (Å²) in [5.41, 5.74) is 2.64. The number of hydrogen-bond acceptors (Lipinski definition) is 5. The Labute approximate surface area is 158 Å². The summed E-state index contributed by atoms with van der Waals surface area (Å²) in [6.45, 7) is 2.24. The maximum atomic E-state index is 12.8. The average Bonchev–Trinajstić information content (AvgIpc) is 2.67. The minimum Gasteiger partial charge on any atom is -0.340 e. The summed E-state index contributed by atoms with van der Waals surface area (Å²) < 4.78 is 0. The monoisotopic (exact) mass is 357 g/mol. The Bertz CT molecular complexity index is 995. The molecular weight excluding hydrogens is 338 g/mol. The zero-order valence-electron chi connectivity index (χ0n) is 15.2. The fourth-order valence-corrected chi connectivity index (χ4v) is 2.68. The number of anilines is 2. The molecule has 3 rings (SSSR count). The first kappa shape index (κ1) is 18.1. The molecule has 0 fully saturated rings. The van der Waals surface area contributed by atoms with E-state index in [4.69, 9.17) is 5.26 Å². The summed E-state index contributed by atoms with van der Waals surface area (Å²) in [7, 11) is 1.75. The number of hydrogen-bond donors (Lipinski definition) is 1. The fraction of sp³-hybridized carbons (Fsp3) is 0.143. The van der Waals surface area contributed by atoms with Crippen LogP contribution in [0.1, 0.15) is 27.4 Å². The molecule has 0 saturated carbocycles. The molecule has 0 atom stereocenters. The van der Waals surface area contributed by atoms with E-state index in [1.807, 2.05) is 36.4 Å². The van der Waals surface area contributed by atoms with Crippen LogP contribution in [0.25, 0.3) is 0 Å². The molecule has 0 bridgehead atoms. The number of rotatable bonds is 5. The molecule has 0 spiro atoms. The molecule has 1 aromatic heterocycles. The van der Waals surface area contributed by atoms with Crippen molar-refractivity contribution >= 4 is 17.4 Å². The highest BCUT2D eigenvalue weighted by Crippen LogP contribution is 2.17. The molecule has 0 radical (unpaired) electrons. The number of nitrogens with one attached hydrogen (secondary N) is 1. The highest BCUT2D eigenvalue weighted by Gasteiger charge is 2.15. The van der Waals surface area contributed by atoms with Gasteiger partial charge < -0.3 is 10.2 Å². The Kier molecular flexibility index (Phi) is 5.43. The van der Waals surface area contributed by atoms with Crippen molar-refractivity contribution in [2.24, 2.45) is 0 Å². The van der Waals surface area contributed by atoms with Gasteiger partial charge in [-0.25, -0.2) is 9.97 Å². The number of aromatic nitrogens is 2. The first-order chi connectivity index (χ1) is 13.0. The average molecular weight is 357 g/mol. The topological polar surface area (TPSA) is 81.9 Å². The van der Waals surface area contributed by atoms with Gasteiger partial charge in [-0.1, -0.05) is 36.4 Å². The van der Waals surface area contributed by atoms with Crippen LogP contribution in [0.5, 0.6) is 0 Å².